The number of ether oxygens (including phenoxy) is 1. The number of aryl methyl sites for hydroxylation is 1. The van der Waals surface area contributed by atoms with Gasteiger partial charge in [-0.3, -0.25) is 0 Å². The monoisotopic (exact) mass is 1010 g/mol. The number of para-hydroxylation sites is 2. The molecule has 372 valence electrons. The maximum atomic E-state index is 11.6. The third kappa shape index (κ3) is 6.70. The average Bonchev–Trinajstić information content (AvgIpc) is 4.46. The fourth-order valence-electron chi connectivity index (χ4n) is 13.2. The maximum absolute atomic E-state index is 11.6. The van der Waals surface area contributed by atoms with E-state index in [0.29, 0.717) is 36.1 Å². The van der Waals surface area contributed by atoms with E-state index in [-0.39, 0.29) is 17.8 Å². The second-order valence-corrected chi connectivity index (χ2v) is 20.9. The fourth-order valence-corrected chi connectivity index (χ4v) is 13.2. The van der Waals surface area contributed by atoms with Crippen LogP contribution in [0.15, 0.2) is 209 Å². The number of rotatable bonds is 8. The summed E-state index contributed by atoms with van der Waals surface area (Å²) in [5, 5.41) is 39.3. The van der Waals surface area contributed by atoms with Gasteiger partial charge in [0.15, 0.2) is 0 Å². The van der Waals surface area contributed by atoms with Crippen LogP contribution in [0.25, 0.3) is 106 Å². The topological polar surface area (TPSA) is 113 Å². The number of hydrogen-bond donors (Lipinski definition) is 1. The lowest BCUT2D eigenvalue weighted by Crippen LogP contribution is -2.20. The molecule has 3 aliphatic carbocycles. The van der Waals surface area contributed by atoms with Gasteiger partial charge in [0.2, 0.25) is 0 Å². The first-order chi connectivity index (χ1) is 38.4. The van der Waals surface area contributed by atoms with Crippen molar-refractivity contribution in [1.82, 2.24) is 9.13 Å². The molecule has 0 bridgehead atoms. The lowest BCUT2D eigenvalue weighted by Gasteiger charge is -2.28. The molecule has 4 aromatic heterocycles. The van der Waals surface area contributed by atoms with E-state index in [1.807, 2.05) is 84.9 Å². The molecular weight excluding hydrogens is 961 g/mol. The average molecular weight is 1010 g/mol. The van der Waals surface area contributed by atoms with Crippen molar-refractivity contribution in [2.75, 3.05) is 0 Å². The van der Waals surface area contributed by atoms with E-state index in [0.717, 1.165) is 140 Å². The minimum atomic E-state index is -0.499. The number of aromatic hydroxyl groups is 1. The molecule has 1 aliphatic heterocycles. The Hall–Kier alpha value is -10.0. The van der Waals surface area contributed by atoms with E-state index in [9.17, 15) is 15.6 Å². The molecule has 3 unspecified atom stereocenters. The molecule has 5 heterocycles. The molecule has 0 spiro atoms. The first-order valence-electron chi connectivity index (χ1n) is 26.6. The standard InChI is InChI=1S/C70H48N4O4/c1-3-13-60-67(69-40(2)46-16-7-10-19-63(46)77-69)52-36-43(45-25-33-66-51(35-45)48-18-9-11-20-64(48)76-66)23-27-56(52)73(60)58-30-31-59(55(39-72)54(58)38-71)74-57-28-22-42(44-24-32-62(75)50(34-44)41-14-5-4-6-15-41)37-53(57)68-61(74)29-26-49-47-17-8-12-21-65(47)78-70(49)68/h3-12,14-21,23-27,29-30,32-37,48,59,64,75H,1,13,22,28,31H2,2H3. The lowest BCUT2D eigenvalue weighted by molar-refractivity contribution is 0.269. The third-order valence-corrected chi connectivity index (χ3v) is 16.8. The van der Waals surface area contributed by atoms with Crippen molar-refractivity contribution in [2.45, 2.75) is 50.7 Å². The molecule has 8 heteroatoms. The van der Waals surface area contributed by atoms with Crippen molar-refractivity contribution < 1.29 is 18.7 Å². The number of nitrogens with zero attached hydrogens (tertiary/aromatic N) is 4. The van der Waals surface area contributed by atoms with Gasteiger partial charge in [0.1, 0.15) is 46.2 Å². The zero-order valence-corrected chi connectivity index (χ0v) is 42.6. The van der Waals surface area contributed by atoms with Crippen LogP contribution >= 0.6 is 0 Å². The van der Waals surface area contributed by atoms with Gasteiger partial charge in [0, 0.05) is 73.1 Å². The normalized spacial score (nSPS) is 17.5. The molecule has 7 aromatic carbocycles. The summed E-state index contributed by atoms with van der Waals surface area (Å²) in [6, 6.07) is 54.2. The van der Waals surface area contributed by atoms with Crippen LogP contribution in [0.4, 0.5) is 0 Å². The Bertz CT molecular complexity index is 4680. The van der Waals surface area contributed by atoms with Crippen molar-refractivity contribution in [1.29, 1.82) is 10.5 Å². The number of fused-ring (bicyclic) bond motifs is 12. The van der Waals surface area contributed by atoms with E-state index in [1.165, 1.54) is 0 Å². The van der Waals surface area contributed by atoms with Gasteiger partial charge < -0.3 is 27.8 Å². The highest BCUT2D eigenvalue weighted by atomic mass is 16.5. The number of phenols is 1. The van der Waals surface area contributed by atoms with Gasteiger partial charge in [-0.25, -0.2) is 0 Å². The largest absolute Gasteiger partial charge is 0.507 e. The number of allylic oxidation sites excluding steroid dienone is 8. The molecule has 0 saturated carbocycles. The molecule has 0 saturated heterocycles. The molecule has 0 fully saturated rings. The number of nitriles is 2. The van der Waals surface area contributed by atoms with Crippen LogP contribution in [0.1, 0.15) is 58.4 Å². The van der Waals surface area contributed by atoms with Gasteiger partial charge in [0.25, 0.3) is 0 Å². The van der Waals surface area contributed by atoms with Gasteiger partial charge in [-0.1, -0.05) is 115 Å². The molecule has 0 radical (unpaired) electrons. The molecule has 0 amide bonds. The summed E-state index contributed by atoms with van der Waals surface area (Å²) < 4.78 is 24.5. The summed E-state index contributed by atoms with van der Waals surface area (Å²) >= 11 is 0. The summed E-state index contributed by atoms with van der Waals surface area (Å²) in [4.78, 5) is 0. The predicted molar refractivity (Wildman–Crippen MR) is 312 cm³/mol. The van der Waals surface area contributed by atoms with Crippen LogP contribution in [0.3, 0.4) is 0 Å². The van der Waals surface area contributed by atoms with Crippen LogP contribution < -0.4 is 4.74 Å². The number of hydrogen-bond acceptors (Lipinski definition) is 6. The molecule has 78 heavy (non-hydrogen) atoms. The van der Waals surface area contributed by atoms with E-state index in [2.05, 4.69) is 132 Å². The van der Waals surface area contributed by atoms with Crippen LogP contribution in [0.2, 0.25) is 0 Å². The minimum absolute atomic E-state index is 0.0189. The SMILES string of the molecule is C=CCc1c(-c2oc3ccccc3c2C)c2cc(-c3ccc4c(c3)C3C=CC=CC3O4)ccc2n1C1=CCC(n2c3c(c4c5oc6ccccc6c5ccc42)C=C(c2ccc(O)c(-c4ccccc4)c2)CC3)C(C#N)=C1C#N. The molecule has 3 atom stereocenters. The summed E-state index contributed by atoms with van der Waals surface area (Å²) in [7, 11) is 0. The van der Waals surface area contributed by atoms with E-state index in [1.54, 1.807) is 6.07 Å². The summed E-state index contributed by atoms with van der Waals surface area (Å²) in [6.45, 7) is 6.38. The Kier molecular flexibility index (Phi) is 10.2. The zero-order valence-electron chi connectivity index (χ0n) is 42.6. The fraction of sp³-hybridized carbons (Fsp3) is 0.114. The van der Waals surface area contributed by atoms with Gasteiger partial charge in [0.05, 0.1) is 45.4 Å². The highest BCUT2D eigenvalue weighted by molar-refractivity contribution is 6.18. The smallest absolute Gasteiger partial charge is 0.145 e. The van der Waals surface area contributed by atoms with E-state index in [4.69, 9.17) is 13.6 Å². The molecular formula is C70H48N4O4. The molecule has 15 rings (SSSR count). The zero-order chi connectivity index (χ0) is 52.3. The molecule has 1 N–H and O–H groups in total. The Morgan fingerprint density at radius 3 is 2.29 bits per heavy atom. The van der Waals surface area contributed by atoms with Crippen molar-refractivity contribution >= 4 is 72.1 Å². The van der Waals surface area contributed by atoms with E-state index < -0.39 is 6.04 Å². The number of phenolic OH excluding ortho intramolecular Hbond substituents is 1. The lowest BCUT2D eigenvalue weighted by atomic mass is 9.88. The van der Waals surface area contributed by atoms with Crippen molar-refractivity contribution in [3.63, 3.8) is 0 Å². The van der Waals surface area contributed by atoms with Gasteiger partial charge >= 0.3 is 0 Å². The summed E-state index contributed by atoms with van der Waals surface area (Å²) in [6.07, 6.45) is 17.1. The quantitative estimate of drug-likeness (QED) is 0.152. The van der Waals surface area contributed by atoms with Crippen LogP contribution in [0, 0.1) is 29.6 Å². The molecule has 4 aliphatic rings. The predicted octanol–water partition coefficient (Wildman–Crippen LogP) is 17.3. The Morgan fingerprint density at radius 1 is 0.718 bits per heavy atom. The van der Waals surface area contributed by atoms with Crippen molar-refractivity contribution in [3.8, 4) is 57.2 Å². The van der Waals surface area contributed by atoms with Crippen molar-refractivity contribution in [2.24, 2.45) is 0 Å². The third-order valence-electron chi connectivity index (χ3n) is 16.8. The summed E-state index contributed by atoms with van der Waals surface area (Å²) in [5.74, 6) is 2.03. The van der Waals surface area contributed by atoms with Crippen LogP contribution in [0.5, 0.6) is 11.5 Å². The minimum Gasteiger partial charge on any atom is -0.507 e. The second kappa shape index (κ2) is 17.5. The van der Waals surface area contributed by atoms with Gasteiger partial charge in [-0.05, 0) is 127 Å². The number of furan rings is 2. The number of benzene rings is 7. The first-order valence-corrected chi connectivity index (χ1v) is 26.6. The van der Waals surface area contributed by atoms with Crippen LogP contribution in [-0.4, -0.2) is 20.3 Å². The molecule has 8 nitrogen and oxygen atoms in total. The molecule has 11 aromatic rings. The highest BCUT2D eigenvalue weighted by Crippen LogP contribution is 2.51. The van der Waals surface area contributed by atoms with Crippen LogP contribution in [-0.2, 0) is 12.8 Å². The Morgan fingerprint density at radius 2 is 1.47 bits per heavy atom. The first kappa shape index (κ1) is 45.4. The maximum Gasteiger partial charge on any atom is 0.145 e. The van der Waals surface area contributed by atoms with Gasteiger partial charge in [-0.15, -0.1) is 6.58 Å². The summed E-state index contributed by atoms with van der Waals surface area (Å²) in [5.41, 5.74) is 17.7. The Balaban J connectivity index is 0.918. The second-order valence-electron chi connectivity index (χ2n) is 20.9. The number of aromatic nitrogens is 2. The highest BCUT2D eigenvalue weighted by Gasteiger charge is 2.36. The van der Waals surface area contributed by atoms with E-state index >= 15 is 0 Å². The van der Waals surface area contributed by atoms with Gasteiger partial charge in [-0.2, -0.15) is 10.5 Å². The Labute approximate surface area is 449 Å². The van der Waals surface area contributed by atoms with Crippen molar-refractivity contribution in [3.05, 3.63) is 233 Å².